The third kappa shape index (κ3) is 3.47. The number of aliphatic hydroxyl groups excluding tert-OH is 1. The molecule has 0 radical (unpaired) electrons. The Balaban J connectivity index is 2.83. The van der Waals surface area contributed by atoms with Crippen molar-refractivity contribution < 1.29 is 9.90 Å². The zero-order chi connectivity index (χ0) is 12.1. The molecule has 0 aliphatic heterocycles. The molecule has 16 heavy (non-hydrogen) atoms. The molecule has 1 aromatic carbocycles. The standard InChI is InChI=1S/C11H13BrClNO2/c1-2-8(6-15)14-11(16)9-5-7(13)3-4-10(9)12/h3-5,8,15H,2,6H2,1H3,(H,14,16)/t8-/m1/s1. The van der Waals surface area contributed by atoms with Gasteiger partial charge in [0.2, 0.25) is 0 Å². The fourth-order valence-electron chi connectivity index (χ4n) is 1.21. The lowest BCUT2D eigenvalue weighted by molar-refractivity contribution is 0.0914. The molecule has 3 nitrogen and oxygen atoms in total. The Bertz CT molecular complexity index is 380. The van der Waals surface area contributed by atoms with E-state index < -0.39 is 0 Å². The van der Waals surface area contributed by atoms with Crippen molar-refractivity contribution in [3.05, 3.63) is 33.3 Å². The third-order valence-corrected chi connectivity index (χ3v) is 3.15. The summed E-state index contributed by atoms with van der Waals surface area (Å²) in [4.78, 5) is 11.8. The van der Waals surface area contributed by atoms with Crippen LogP contribution in [0.25, 0.3) is 0 Å². The molecular formula is C11H13BrClNO2. The molecule has 0 aliphatic carbocycles. The highest BCUT2D eigenvalue weighted by Crippen LogP contribution is 2.21. The van der Waals surface area contributed by atoms with E-state index in [9.17, 15) is 4.79 Å². The van der Waals surface area contributed by atoms with Gasteiger partial charge < -0.3 is 10.4 Å². The summed E-state index contributed by atoms with van der Waals surface area (Å²) < 4.78 is 0.683. The summed E-state index contributed by atoms with van der Waals surface area (Å²) in [7, 11) is 0. The number of aliphatic hydroxyl groups is 1. The smallest absolute Gasteiger partial charge is 0.252 e. The lowest BCUT2D eigenvalue weighted by Gasteiger charge is -2.14. The lowest BCUT2D eigenvalue weighted by atomic mass is 10.2. The first-order valence-corrected chi connectivity index (χ1v) is 6.12. The first-order chi connectivity index (χ1) is 7.58. The second-order valence-corrected chi connectivity index (χ2v) is 4.68. The number of halogens is 2. The molecule has 0 saturated carbocycles. The van der Waals surface area contributed by atoms with Gasteiger partial charge in [-0.05, 0) is 40.5 Å². The number of hydrogen-bond donors (Lipinski definition) is 2. The monoisotopic (exact) mass is 305 g/mol. The number of amides is 1. The summed E-state index contributed by atoms with van der Waals surface area (Å²) in [5.74, 6) is -0.240. The molecule has 1 atom stereocenters. The van der Waals surface area contributed by atoms with Crippen LogP contribution in [0.5, 0.6) is 0 Å². The van der Waals surface area contributed by atoms with Crippen LogP contribution in [0.3, 0.4) is 0 Å². The molecule has 0 bridgehead atoms. The van der Waals surface area contributed by atoms with E-state index in [1.165, 1.54) is 0 Å². The number of rotatable bonds is 4. The van der Waals surface area contributed by atoms with Gasteiger partial charge in [0.1, 0.15) is 0 Å². The van der Waals surface area contributed by atoms with Crippen LogP contribution in [-0.4, -0.2) is 23.7 Å². The van der Waals surface area contributed by atoms with E-state index in [2.05, 4.69) is 21.2 Å². The minimum absolute atomic E-state index is 0.0690. The fourth-order valence-corrected chi connectivity index (χ4v) is 1.81. The first-order valence-electron chi connectivity index (χ1n) is 4.95. The largest absolute Gasteiger partial charge is 0.394 e. The van der Waals surface area contributed by atoms with Gasteiger partial charge in [0.25, 0.3) is 5.91 Å². The first kappa shape index (κ1) is 13.5. The SMILES string of the molecule is CC[C@H](CO)NC(=O)c1cc(Cl)ccc1Br. The Morgan fingerprint density at radius 3 is 2.88 bits per heavy atom. The number of nitrogens with one attached hydrogen (secondary N) is 1. The molecule has 0 unspecified atom stereocenters. The molecule has 2 N–H and O–H groups in total. The highest BCUT2D eigenvalue weighted by molar-refractivity contribution is 9.10. The molecule has 0 saturated heterocycles. The molecule has 0 spiro atoms. The molecule has 0 aromatic heterocycles. The predicted molar refractivity (Wildman–Crippen MR) is 67.8 cm³/mol. The van der Waals surface area contributed by atoms with E-state index in [0.29, 0.717) is 21.5 Å². The highest BCUT2D eigenvalue weighted by atomic mass is 79.9. The summed E-state index contributed by atoms with van der Waals surface area (Å²) in [6, 6.07) is 4.78. The van der Waals surface area contributed by atoms with Gasteiger partial charge in [-0.15, -0.1) is 0 Å². The van der Waals surface area contributed by atoms with E-state index in [1.807, 2.05) is 6.92 Å². The molecule has 5 heteroatoms. The molecule has 1 rings (SSSR count). The van der Waals surface area contributed by atoms with E-state index in [-0.39, 0.29) is 18.6 Å². The maximum atomic E-state index is 11.8. The summed E-state index contributed by atoms with van der Waals surface area (Å²) in [6.45, 7) is 1.83. The van der Waals surface area contributed by atoms with Crippen molar-refractivity contribution in [3.63, 3.8) is 0 Å². The highest BCUT2D eigenvalue weighted by Gasteiger charge is 2.14. The van der Waals surface area contributed by atoms with Crippen molar-refractivity contribution in [2.24, 2.45) is 0 Å². The number of hydrogen-bond acceptors (Lipinski definition) is 2. The molecular weight excluding hydrogens is 293 g/mol. The Morgan fingerprint density at radius 2 is 2.31 bits per heavy atom. The maximum Gasteiger partial charge on any atom is 0.252 e. The van der Waals surface area contributed by atoms with Crippen molar-refractivity contribution in [3.8, 4) is 0 Å². The molecule has 0 heterocycles. The zero-order valence-electron chi connectivity index (χ0n) is 8.84. The van der Waals surface area contributed by atoms with Crippen LogP contribution >= 0.6 is 27.5 Å². The van der Waals surface area contributed by atoms with E-state index >= 15 is 0 Å². The van der Waals surface area contributed by atoms with Crippen LogP contribution < -0.4 is 5.32 Å². The number of carbonyl (C=O) groups excluding carboxylic acids is 1. The molecule has 1 amide bonds. The average molecular weight is 307 g/mol. The summed E-state index contributed by atoms with van der Waals surface area (Å²) in [6.07, 6.45) is 0.681. The van der Waals surface area contributed by atoms with Gasteiger partial charge in [-0.2, -0.15) is 0 Å². The molecule has 0 aliphatic rings. The van der Waals surface area contributed by atoms with Gasteiger partial charge in [-0.25, -0.2) is 0 Å². The second kappa shape index (κ2) is 6.23. The van der Waals surface area contributed by atoms with E-state index in [0.717, 1.165) is 0 Å². The van der Waals surface area contributed by atoms with Gasteiger partial charge in [-0.1, -0.05) is 18.5 Å². The summed E-state index contributed by atoms with van der Waals surface area (Å²) >= 11 is 9.10. The van der Waals surface area contributed by atoms with Crippen molar-refractivity contribution in [1.29, 1.82) is 0 Å². The van der Waals surface area contributed by atoms with Crippen molar-refractivity contribution in [2.45, 2.75) is 19.4 Å². The number of carbonyl (C=O) groups is 1. The average Bonchev–Trinajstić information content (AvgIpc) is 2.28. The maximum absolute atomic E-state index is 11.8. The van der Waals surface area contributed by atoms with Crippen molar-refractivity contribution >= 4 is 33.4 Å². The van der Waals surface area contributed by atoms with Crippen LogP contribution in [0.2, 0.25) is 5.02 Å². The number of benzene rings is 1. The van der Waals surface area contributed by atoms with Gasteiger partial charge >= 0.3 is 0 Å². The Morgan fingerprint density at radius 1 is 1.62 bits per heavy atom. The van der Waals surface area contributed by atoms with Crippen LogP contribution in [0.4, 0.5) is 0 Å². The Hall–Kier alpha value is -0.580. The lowest BCUT2D eigenvalue weighted by Crippen LogP contribution is -2.37. The third-order valence-electron chi connectivity index (χ3n) is 2.22. The van der Waals surface area contributed by atoms with Crippen LogP contribution in [0, 0.1) is 0 Å². The molecule has 1 aromatic rings. The normalized spacial score (nSPS) is 12.2. The van der Waals surface area contributed by atoms with Gasteiger partial charge in [0, 0.05) is 9.50 Å². The van der Waals surface area contributed by atoms with Crippen molar-refractivity contribution in [2.75, 3.05) is 6.61 Å². The fraction of sp³-hybridized carbons (Fsp3) is 0.364. The van der Waals surface area contributed by atoms with Gasteiger partial charge in [0.15, 0.2) is 0 Å². The Labute approximate surface area is 108 Å². The quantitative estimate of drug-likeness (QED) is 0.898. The van der Waals surface area contributed by atoms with Gasteiger partial charge in [-0.3, -0.25) is 4.79 Å². The van der Waals surface area contributed by atoms with Crippen LogP contribution in [0.1, 0.15) is 23.7 Å². The van der Waals surface area contributed by atoms with E-state index in [4.69, 9.17) is 16.7 Å². The second-order valence-electron chi connectivity index (χ2n) is 3.39. The molecule has 0 fully saturated rings. The van der Waals surface area contributed by atoms with Crippen molar-refractivity contribution in [1.82, 2.24) is 5.32 Å². The van der Waals surface area contributed by atoms with Crippen LogP contribution in [-0.2, 0) is 0 Å². The van der Waals surface area contributed by atoms with Crippen LogP contribution in [0.15, 0.2) is 22.7 Å². The summed E-state index contributed by atoms with van der Waals surface area (Å²) in [5, 5.41) is 12.2. The minimum Gasteiger partial charge on any atom is -0.394 e. The summed E-state index contributed by atoms with van der Waals surface area (Å²) in [5.41, 5.74) is 0.472. The zero-order valence-corrected chi connectivity index (χ0v) is 11.2. The topological polar surface area (TPSA) is 49.3 Å². The van der Waals surface area contributed by atoms with E-state index in [1.54, 1.807) is 18.2 Å². The predicted octanol–water partition coefficient (Wildman–Crippen LogP) is 2.60. The minimum atomic E-state index is -0.240. The van der Waals surface area contributed by atoms with Gasteiger partial charge in [0.05, 0.1) is 18.2 Å². The Kier molecular flexibility index (Phi) is 5.25. The molecule has 88 valence electrons.